The first-order chi connectivity index (χ1) is 9.83. The molecule has 0 atom stereocenters. The van der Waals surface area contributed by atoms with Gasteiger partial charge >= 0.3 is 0 Å². The summed E-state index contributed by atoms with van der Waals surface area (Å²) in [6.45, 7) is 14.8. The Morgan fingerprint density at radius 3 is 0.818 bits per heavy atom. The van der Waals surface area contributed by atoms with Gasteiger partial charge < -0.3 is 10.6 Å². The Hall–Kier alpha value is -1.84. The molecule has 0 saturated carbocycles. The van der Waals surface area contributed by atoms with E-state index in [2.05, 4.69) is 10.6 Å². The standard InChI is InChI=1S/2C6H13NO.C6H6/c2*1-5(8)7-6(2,3)4;1-2-4-6-5-3-1/h2*1-4H3,(H,7,8);1-6H. The molecule has 126 valence electrons. The van der Waals surface area contributed by atoms with Crippen LogP contribution in [0.4, 0.5) is 0 Å². The number of carbonyl (C=O) groups is 2. The Morgan fingerprint density at radius 1 is 0.591 bits per heavy atom. The predicted octanol–water partition coefficient (Wildman–Crippen LogP) is 3.53. The second kappa shape index (κ2) is 10.8. The van der Waals surface area contributed by atoms with Gasteiger partial charge in [0.2, 0.25) is 11.8 Å². The third-order valence-corrected chi connectivity index (χ3v) is 1.77. The molecule has 0 radical (unpaired) electrons. The van der Waals surface area contributed by atoms with E-state index in [-0.39, 0.29) is 22.9 Å². The van der Waals surface area contributed by atoms with E-state index < -0.39 is 0 Å². The second-order valence-corrected chi connectivity index (χ2v) is 7.02. The third-order valence-electron chi connectivity index (χ3n) is 1.77. The van der Waals surface area contributed by atoms with Crippen LogP contribution in [0, 0.1) is 0 Å². The van der Waals surface area contributed by atoms with E-state index in [9.17, 15) is 9.59 Å². The Kier molecular flexibility index (Phi) is 11.0. The highest BCUT2D eigenvalue weighted by Gasteiger charge is 2.09. The van der Waals surface area contributed by atoms with Crippen molar-refractivity contribution in [3.63, 3.8) is 0 Å². The summed E-state index contributed by atoms with van der Waals surface area (Å²) in [5, 5.41) is 5.49. The highest BCUT2D eigenvalue weighted by molar-refractivity contribution is 5.73. The highest BCUT2D eigenvalue weighted by atomic mass is 16.2. The zero-order valence-electron chi connectivity index (χ0n) is 15.3. The topological polar surface area (TPSA) is 58.2 Å². The molecule has 0 aliphatic heterocycles. The first-order valence-corrected chi connectivity index (χ1v) is 7.41. The van der Waals surface area contributed by atoms with Crippen molar-refractivity contribution in [2.24, 2.45) is 0 Å². The Balaban J connectivity index is 0. The third kappa shape index (κ3) is 26.7. The quantitative estimate of drug-likeness (QED) is 0.770. The van der Waals surface area contributed by atoms with E-state index in [4.69, 9.17) is 0 Å². The monoisotopic (exact) mass is 308 g/mol. The lowest BCUT2D eigenvalue weighted by Gasteiger charge is -2.18. The molecule has 2 amide bonds. The number of carbonyl (C=O) groups excluding carboxylic acids is 2. The first kappa shape index (κ1) is 22.4. The average Bonchev–Trinajstić information content (AvgIpc) is 2.25. The minimum absolute atomic E-state index is 0.0255. The van der Waals surface area contributed by atoms with Crippen LogP contribution in [0.5, 0.6) is 0 Å². The maximum absolute atomic E-state index is 10.3. The van der Waals surface area contributed by atoms with Gasteiger partial charge in [-0.25, -0.2) is 0 Å². The van der Waals surface area contributed by atoms with Crippen LogP contribution in [0.3, 0.4) is 0 Å². The van der Waals surface area contributed by atoms with Gasteiger partial charge in [-0.05, 0) is 41.5 Å². The van der Waals surface area contributed by atoms with Crippen LogP contribution in [0.2, 0.25) is 0 Å². The number of benzene rings is 1. The lowest BCUT2D eigenvalue weighted by atomic mass is 10.1. The molecule has 1 rings (SSSR count). The van der Waals surface area contributed by atoms with E-state index in [0.717, 1.165) is 0 Å². The molecule has 0 aromatic heterocycles. The van der Waals surface area contributed by atoms with Gasteiger partial charge in [0.1, 0.15) is 0 Å². The number of nitrogens with one attached hydrogen (secondary N) is 2. The Bertz CT molecular complexity index is 362. The number of hydrogen-bond acceptors (Lipinski definition) is 2. The predicted molar refractivity (Wildman–Crippen MR) is 93.6 cm³/mol. The fraction of sp³-hybridized carbons (Fsp3) is 0.556. The van der Waals surface area contributed by atoms with E-state index >= 15 is 0 Å². The van der Waals surface area contributed by atoms with Gasteiger partial charge in [-0.2, -0.15) is 0 Å². The molecule has 0 spiro atoms. The minimum atomic E-state index is -0.0775. The summed E-state index contributed by atoms with van der Waals surface area (Å²) >= 11 is 0. The molecule has 0 fully saturated rings. The van der Waals surface area contributed by atoms with Crippen molar-refractivity contribution >= 4 is 11.8 Å². The average molecular weight is 308 g/mol. The molecule has 0 bridgehead atoms. The van der Waals surface area contributed by atoms with Crippen LogP contribution in [0.25, 0.3) is 0 Å². The van der Waals surface area contributed by atoms with Gasteiger partial charge in [0, 0.05) is 24.9 Å². The van der Waals surface area contributed by atoms with Crippen LogP contribution in [-0.4, -0.2) is 22.9 Å². The summed E-state index contributed by atoms with van der Waals surface area (Å²) in [4.78, 5) is 20.7. The van der Waals surface area contributed by atoms with Crippen LogP contribution >= 0.6 is 0 Å². The van der Waals surface area contributed by atoms with Gasteiger partial charge in [0.25, 0.3) is 0 Å². The summed E-state index contributed by atoms with van der Waals surface area (Å²) in [6.07, 6.45) is 0. The van der Waals surface area contributed by atoms with Crippen molar-refractivity contribution in [2.45, 2.75) is 66.5 Å². The summed E-state index contributed by atoms with van der Waals surface area (Å²) in [5.41, 5.74) is -0.155. The lowest BCUT2D eigenvalue weighted by Crippen LogP contribution is -2.38. The van der Waals surface area contributed by atoms with Gasteiger partial charge in [-0.1, -0.05) is 36.4 Å². The molecule has 0 saturated heterocycles. The van der Waals surface area contributed by atoms with E-state index in [1.165, 1.54) is 13.8 Å². The number of hydrogen-bond donors (Lipinski definition) is 2. The molecule has 4 nitrogen and oxygen atoms in total. The van der Waals surface area contributed by atoms with Crippen molar-refractivity contribution in [1.29, 1.82) is 0 Å². The van der Waals surface area contributed by atoms with Crippen molar-refractivity contribution in [1.82, 2.24) is 10.6 Å². The van der Waals surface area contributed by atoms with Crippen LogP contribution in [0.1, 0.15) is 55.4 Å². The highest BCUT2D eigenvalue weighted by Crippen LogP contribution is 1.97. The smallest absolute Gasteiger partial charge is 0.217 e. The van der Waals surface area contributed by atoms with Gasteiger partial charge in [0.15, 0.2) is 0 Å². The lowest BCUT2D eigenvalue weighted by molar-refractivity contribution is -0.121. The molecule has 1 aromatic carbocycles. The zero-order valence-corrected chi connectivity index (χ0v) is 15.3. The van der Waals surface area contributed by atoms with Crippen LogP contribution in [-0.2, 0) is 9.59 Å². The maximum atomic E-state index is 10.3. The maximum Gasteiger partial charge on any atom is 0.217 e. The van der Waals surface area contributed by atoms with Gasteiger partial charge in [0.05, 0.1) is 0 Å². The van der Waals surface area contributed by atoms with Crippen molar-refractivity contribution in [3.05, 3.63) is 36.4 Å². The number of rotatable bonds is 0. The minimum Gasteiger partial charge on any atom is -0.352 e. The zero-order chi connectivity index (χ0) is 17.8. The number of amides is 2. The van der Waals surface area contributed by atoms with E-state index in [1.807, 2.05) is 77.9 Å². The SMILES string of the molecule is CC(=O)NC(C)(C)C.CC(=O)NC(C)(C)C.c1ccccc1. The fourth-order valence-corrected chi connectivity index (χ4v) is 1.44. The molecule has 22 heavy (non-hydrogen) atoms. The molecule has 2 N–H and O–H groups in total. The largest absolute Gasteiger partial charge is 0.352 e. The molecule has 0 aliphatic rings. The molecule has 4 heteroatoms. The van der Waals surface area contributed by atoms with Crippen molar-refractivity contribution in [3.8, 4) is 0 Å². The summed E-state index contributed by atoms with van der Waals surface area (Å²) in [5.74, 6) is 0.0509. The molecule has 1 aromatic rings. The summed E-state index contributed by atoms with van der Waals surface area (Å²) in [7, 11) is 0. The molecule has 0 unspecified atom stereocenters. The molecule has 0 heterocycles. The first-order valence-electron chi connectivity index (χ1n) is 7.41. The van der Waals surface area contributed by atoms with Gasteiger partial charge in [-0.3, -0.25) is 9.59 Å². The summed E-state index contributed by atoms with van der Waals surface area (Å²) in [6, 6.07) is 12.0. The van der Waals surface area contributed by atoms with Crippen LogP contribution in [0.15, 0.2) is 36.4 Å². The molecular weight excluding hydrogens is 276 g/mol. The van der Waals surface area contributed by atoms with Crippen molar-refractivity contribution < 1.29 is 9.59 Å². The van der Waals surface area contributed by atoms with Gasteiger partial charge in [-0.15, -0.1) is 0 Å². The normalized spacial score (nSPS) is 10.2. The molecule has 0 aliphatic carbocycles. The fourth-order valence-electron chi connectivity index (χ4n) is 1.44. The second-order valence-electron chi connectivity index (χ2n) is 7.02. The van der Waals surface area contributed by atoms with E-state index in [0.29, 0.717) is 0 Å². The Morgan fingerprint density at radius 2 is 0.773 bits per heavy atom. The van der Waals surface area contributed by atoms with Crippen molar-refractivity contribution in [2.75, 3.05) is 0 Å². The van der Waals surface area contributed by atoms with E-state index in [1.54, 1.807) is 0 Å². The van der Waals surface area contributed by atoms with Crippen LogP contribution < -0.4 is 10.6 Å². The Labute approximate surface area is 135 Å². The summed E-state index contributed by atoms with van der Waals surface area (Å²) < 4.78 is 0. The molecular formula is C18H32N2O2.